The van der Waals surface area contributed by atoms with Gasteiger partial charge >= 0.3 is 5.97 Å². The van der Waals surface area contributed by atoms with E-state index in [-0.39, 0.29) is 0 Å². The van der Waals surface area contributed by atoms with Crippen LogP contribution in [0.1, 0.15) is 41.4 Å². The maximum Gasteiger partial charge on any atom is 0.335 e. The molecule has 1 aromatic heterocycles. The van der Waals surface area contributed by atoms with E-state index < -0.39 is 5.97 Å². The number of hydrogen-bond acceptors (Lipinski definition) is 3. The van der Waals surface area contributed by atoms with Crippen LogP contribution in [0.4, 0.5) is 0 Å². The SMILES string of the molecule is CCn1ccc(CN2CCC(Cc3ccccc3C(=O)O)CC2)n1. The van der Waals surface area contributed by atoms with Gasteiger partial charge in [-0.15, -0.1) is 0 Å². The van der Waals surface area contributed by atoms with Crippen LogP contribution in [0, 0.1) is 5.92 Å². The van der Waals surface area contributed by atoms with Gasteiger partial charge in [0, 0.05) is 19.3 Å². The van der Waals surface area contributed by atoms with Crippen molar-refractivity contribution in [3.05, 3.63) is 53.3 Å². The molecule has 128 valence electrons. The Bertz CT molecular complexity index is 687. The average Bonchev–Trinajstić information content (AvgIpc) is 3.04. The highest BCUT2D eigenvalue weighted by Gasteiger charge is 2.21. The minimum Gasteiger partial charge on any atom is -0.478 e. The van der Waals surface area contributed by atoms with Crippen molar-refractivity contribution in [3.8, 4) is 0 Å². The summed E-state index contributed by atoms with van der Waals surface area (Å²) >= 11 is 0. The van der Waals surface area contributed by atoms with Crippen molar-refractivity contribution in [2.24, 2.45) is 5.92 Å². The largest absolute Gasteiger partial charge is 0.478 e. The summed E-state index contributed by atoms with van der Waals surface area (Å²) < 4.78 is 1.96. The molecule has 0 aliphatic carbocycles. The first-order valence-corrected chi connectivity index (χ1v) is 8.71. The van der Waals surface area contributed by atoms with Gasteiger partial charge in [-0.3, -0.25) is 9.58 Å². The molecule has 5 heteroatoms. The van der Waals surface area contributed by atoms with Crippen molar-refractivity contribution in [3.63, 3.8) is 0 Å². The first kappa shape index (κ1) is 16.7. The van der Waals surface area contributed by atoms with Crippen molar-refractivity contribution >= 4 is 5.97 Å². The van der Waals surface area contributed by atoms with Crippen LogP contribution in [0.15, 0.2) is 36.5 Å². The molecule has 1 aromatic carbocycles. The normalized spacial score (nSPS) is 16.4. The summed E-state index contributed by atoms with van der Waals surface area (Å²) in [4.78, 5) is 13.8. The van der Waals surface area contributed by atoms with Gasteiger partial charge in [-0.25, -0.2) is 4.79 Å². The standard InChI is InChI=1S/C19H25N3O2/c1-2-22-12-9-17(20-22)14-21-10-7-15(8-11-21)13-16-5-3-4-6-18(16)19(23)24/h3-6,9,12,15H,2,7-8,10-11,13-14H2,1H3,(H,23,24). The second kappa shape index (κ2) is 7.62. The minimum absolute atomic E-state index is 0.449. The maximum atomic E-state index is 11.3. The van der Waals surface area contributed by atoms with Crippen molar-refractivity contribution in [1.82, 2.24) is 14.7 Å². The fourth-order valence-electron chi connectivity index (χ4n) is 3.46. The summed E-state index contributed by atoms with van der Waals surface area (Å²) in [7, 11) is 0. The third-order valence-electron chi connectivity index (χ3n) is 4.87. The summed E-state index contributed by atoms with van der Waals surface area (Å²) in [5.74, 6) is -0.260. The van der Waals surface area contributed by atoms with E-state index in [1.165, 1.54) is 0 Å². The predicted octanol–water partition coefficient (Wildman–Crippen LogP) is 3.06. The van der Waals surface area contributed by atoms with Gasteiger partial charge in [0.15, 0.2) is 0 Å². The number of piperidine rings is 1. The fourth-order valence-corrected chi connectivity index (χ4v) is 3.46. The lowest BCUT2D eigenvalue weighted by Crippen LogP contribution is -2.34. The van der Waals surface area contributed by atoms with E-state index in [0.717, 1.165) is 56.7 Å². The lowest BCUT2D eigenvalue weighted by Gasteiger charge is -2.31. The molecule has 5 nitrogen and oxygen atoms in total. The molecular formula is C19H25N3O2. The highest BCUT2D eigenvalue weighted by molar-refractivity contribution is 5.89. The van der Waals surface area contributed by atoms with Gasteiger partial charge in [0.2, 0.25) is 0 Å². The summed E-state index contributed by atoms with van der Waals surface area (Å²) in [6.07, 6.45) is 5.12. The minimum atomic E-state index is -0.824. The molecule has 1 aliphatic rings. The quantitative estimate of drug-likeness (QED) is 0.886. The number of aromatic carboxylic acids is 1. The number of carbonyl (C=O) groups is 1. The molecule has 0 radical (unpaired) electrons. The van der Waals surface area contributed by atoms with Crippen LogP contribution < -0.4 is 0 Å². The monoisotopic (exact) mass is 327 g/mol. The van der Waals surface area contributed by atoms with Crippen molar-refractivity contribution in [2.75, 3.05) is 13.1 Å². The number of benzene rings is 1. The topological polar surface area (TPSA) is 58.4 Å². The van der Waals surface area contributed by atoms with Crippen LogP contribution in [0.2, 0.25) is 0 Å². The lowest BCUT2D eigenvalue weighted by atomic mass is 9.88. The molecule has 1 N–H and O–H groups in total. The summed E-state index contributed by atoms with van der Waals surface area (Å²) in [5.41, 5.74) is 2.54. The predicted molar refractivity (Wildman–Crippen MR) is 93.0 cm³/mol. The van der Waals surface area contributed by atoms with E-state index in [2.05, 4.69) is 23.0 Å². The molecule has 0 saturated carbocycles. The second-order valence-corrected chi connectivity index (χ2v) is 6.55. The number of carboxylic acids is 1. The lowest BCUT2D eigenvalue weighted by molar-refractivity contribution is 0.0695. The van der Waals surface area contributed by atoms with Gasteiger partial charge in [0.1, 0.15) is 0 Å². The van der Waals surface area contributed by atoms with Crippen molar-refractivity contribution < 1.29 is 9.90 Å². The molecule has 3 rings (SSSR count). The summed E-state index contributed by atoms with van der Waals surface area (Å²) in [6.45, 7) is 6.02. The zero-order chi connectivity index (χ0) is 16.9. The molecule has 0 amide bonds. The van der Waals surface area contributed by atoms with Crippen molar-refractivity contribution in [2.45, 2.75) is 39.3 Å². The highest BCUT2D eigenvalue weighted by Crippen LogP contribution is 2.24. The Morgan fingerprint density at radius 3 is 2.67 bits per heavy atom. The number of aromatic nitrogens is 2. The van der Waals surface area contributed by atoms with Gasteiger partial charge in [0.25, 0.3) is 0 Å². The first-order chi connectivity index (χ1) is 11.7. The Morgan fingerprint density at radius 2 is 2.00 bits per heavy atom. The van der Waals surface area contributed by atoms with E-state index >= 15 is 0 Å². The van der Waals surface area contributed by atoms with Crippen LogP contribution in [-0.4, -0.2) is 38.8 Å². The van der Waals surface area contributed by atoms with E-state index in [4.69, 9.17) is 0 Å². The first-order valence-electron chi connectivity index (χ1n) is 8.71. The second-order valence-electron chi connectivity index (χ2n) is 6.55. The van der Waals surface area contributed by atoms with Crippen LogP contribution >= 0.6 is 0 Å². The Kier molecular flexibility index (Phi) is 5.30. The zero-order valence-corrected chi connectivity index (χ0v) is 14.2. The molecule has 2 aromatic rings. The van der Waals surface area contributed by atoms with E-state index in [1.54, 1.807) is 12.1 Å². The Hall–Kier alpha value is -2.14. The Balaban J connectivity index is 1.53. The maximum absolute atomic E-state index is 11.3. The Labute approximate surface area is 142 Å². The summed E-state index contributed by atoms with van der Waals surface area (Å²) in [6, 6.07) is 9.48. The van der Waals surface area contributed by atoms with Crippen molar-refractivity contribution in [1.29, 1.82) is 0 Å². The number of likely N-dealkylation sites (tertiary alicyclic amines) is 1. The molecular weight excluding hydrogens is 302 g/mol. The summed E-state index contributed by atoms with van der Waals surface area (Å²) in [5, 5.41) is 13.9. The van der Waals surface area contributed by atoms with E-state index in [0.29, 0.717) is 11.5 Å². The molecule has 1 saturated heterocycles. The zero-order valence-electron chi connectivity index (χ0n) is 14.2. The third kappa shape index (κ3) is 4.03. The van der Waals surface area contributed by atoms with Gasteiger partial charge in [-0.1, -0.05) is 18.2 Å². The number of aryl methyl sites for hydroxylation is 1. The molecule has 0 unspecified atom stereocenters. The van der Waals surface area contributed by atoms with Gasteiger partial charge < -0.3 is 5.11 Å². The van der Waals surface area contributed by atoms with Crippen LogP contribution in [0.3, 0.4) is 0 Å². The molecule has 24 heavy (non-hydrogen) atoms. The third-order valence-corrected chi connectivity index (χ3v) is 4.87. The molecule has 1 fully saturated rings. The van der Waals surface area contributed by atoms with Gasteiger partial charge in [-0.2, -0.15) is 5.10 Å². The number of nitrogens with zero attached hydrogens (tertiary/aromatic N) is 3. The number of carboxylic acid groups (broad SMARTS) is 1. The molecule has 0 bridgehead atoms. The molecule has 0 atom stereocenters. The van der Waals surface area contributed by atoms with E-state index in [9.17, 15) is 9.90 Å². The van der Waals surface area contributed by atoms with Crippen LogP contribution in [0.5, 0.6) is 0 Å². The smallest absolute Gasteiger partial charge is 0.335 e. The molecule has 0 spiro atoms. The highest BCUT2D eigenvalue weighted by atomic mass is 16.4. The average molecular weight is 327 g/mol. The molecule has 2 heterocycles. The van der Waals surface area contributed by atoms with Crippen LogP contribution in [0.25, 0.3) is 0 Å². The Morgan fingerprint density at radius 1 is 1.25 bits per heavy atom. The van der Waals surface area contributed by atoms with Crippen LogP contribution in [-0.2, 0) is 19.5 Å². The fraction of sp³-hybridized carbons (Fsp3) is 0.474. The number of rotatable bonds is 6. The van der Waals surface area contributed by atoms with E-state index in [1.807, 2.05) is 23.0 Å². The van der Waals surface area contributed by atoms with Gasteiger partial charge in [0.05, 0.1) is 11.3 Å². The van der Waals surface area contributed by atoms with Gasteiger partial charge in [-0.05, 0) is 62.9 Å². The molecule has 1 aliphatic heterocycles. The number of hydrogen-bond donors (Lipinski definition) is 1.